The van der Waals surface area contributed by atoms with E-state index in [1.165, 1.54) is 11.0 Å². The molecule has 16 heteroatoms. The molecule has 0 radical (unpaired) electrons. The second-order valence-electron chi connectivity index (χ2n) is 18.0. The van der Waals surface area contributed by atoms with Crippen LogP contribution in [0.3, 0.4) is 0 Å². The maximum atomic E-state index is 15.0. The van der Waals surface area contributed by atoms with E-state index in [0.717, 1.165) is 54.4 Å². The third kappa shape index (κ3) is 9.03. The zero-order chi connectivity index (χ0) is 43.0. The number of fused-ring (bicyclic) bond motifs is 3. The molecule has 328 valence electrons. The molecule has 4 fully saturated rings. The van der Waals surface area contributed by atoms with Crippen molar-refractivity contribution in [2.24, 2.45) is 17.3 Å². The Morgan fingerprint density at radius 1 is 1.10 bits per heavy atom. The smallest absolute Gasteiger partial charge is 0.407 e. The van der Waals surface area contributed by atoms with Gasteiger partial charge in [-0.3, -0.25) is 19.1 Å². The van der Waals surface area contributed by atoms with Crippen LogP contribution in [0.1, 0.15) is 109 Å². The first kappa shape index (κ1) is 43.5. The highest BCUT2D eigenvalue weighted by molar-refractivity contribution is 7.91. The summed E-state index contributed by atoms with van der Waals surface area (Å²) in [5.41, 5.74) is 0.593. The molecule has 1 saturated heterocycles. The second-order valence-corrected chi connectivity index (χ2v) is 19.9. The lowest BCUT2D eigenvalue weighted by atomic mass is 9.83. The van der Waals surface area contributed by atoms with E-state index in [1.807, 2.05) is 33.8 Å². The van der Waals surface area contributed by atoms with Crippen LogP contribution >= 0.6 is 0 Å². The van der Waals surface area contributed by atoms with Crippen molar-refractivity contribution in [3.05, 3.63) is 35.9 Å². The minimum atomic E-state index is -3.91. The van der Waals surface area contributed by atoms with Gasteiger partial charge in [-0.1, -0.05) is 46.1 Å². The summed E-state index contributed by atoms with van der Waals surface area (Å²) < 4.78 is 52.6. The molecular weight excluding hydrogens is 791 g/mol. The van der Waals surface area contributed by atoms with Crippen molar-refractivity contribution in [3.8, 4) is 17.4 Å². The number of nitrogens with one attached hydrogen (secondary N) is 3. The van der Waals surface area contributed by atoms with Crippen molar-refractivity contribution >= 4 is 44.7 Å². The fraction of sp³-hybridized carbons (Fsp3) is 0.659. The predicted molar refractivity (Wildman–Crippen MR) is 224 cm³/mol. The predicted octanol–water partition coefficient (Wildman–Crippen LogP) is 5.26. The monoisotopic (exact) mass is 851 g/mol. The number of aromatic nitrogens is 1. The molecule has 0 spiro atoms. The first-order chi connectivity index (χ1) is 28.6. The average molecular weight is 852 g/mol. The number of rotatable bonds is 11. The Balaban J connectivity index is 1.29. The first-order valence-corrected chi connectivity index (χ1v) is 23.3. The number of pyridine rings is 1. The molecule has 0 unspecified atom stereocenters. The Morgan fingerprint density at radius 3 is 2.50 bits per heavy atom. The van der Waals surface area contributed by atoms with Crippen LogP contribution < -0.4 is 29.6 Å². The van der Waals surface area contributed by atoms with E-state index >= 15 is 4.79 Å². The summed E-state index contributed by atoms with van der Waals surface area (Å²) in [4.78, 5) is 63.3. The van der Waals surface area contributed by atoms with Crippen LogP contribution in [0.5, 0.6) is 17.4 Å². The minimum absolute atomic E-state index is 0.0124. The quantitative estimate of drug-likeness (QED) is 0.250. The lowest BCUT2D eigenvalue weighted by Crippen LogP contribution is -2.59. The van der Waals surface area contributed by atoms with Gasteiger partial charge in [-0.25, -0.2) is 18.2 Å². The zero-order valence-corrected chi connectivity index (χ0v) is 36.4. The Labute approximate surface area is 353 Å². The maximum absolute atomic E-state index is 15.0. The third-order valence-corrected chi connectivity index (χ3v) is 14.8. The fourth-order valence-electron chi connectivity index (χ4n) is 9.37. The van der Waals surface area contributed by atoms with Gasteiger partial charge >= 0.3 is 6.09 Å². The van der Waals surface area contributed by atoms with Crippen LogP contribution in [-0.4, -0.2) is 98.0 Å². The second kappa shape index (κ2) is 17.4. The lowest BCUT2D eigenvalue weighted by molar-refractivity contribution is -0.142. The van der Waals surface area contributed by atoms with E-state index in [2.05, 4.69) is 21.9 Å². The zero-order valence-electron chi connectivity index (χ0n) is 35.6. The van der Waals surface area contributed by atoms with Gasteiger partial charge in [-0.05, 0) is 87.7 Å². The Morgan fingerprint density at radius 2 is 1.85 bits per heavy atom. The molecule has 1 aromatic carbocycles. The molecule has 2 aromatic rings. The van der Waals surface area contributed by atoms with Crippen molar-refractivity contribution in [2.75, 3.05) is 26.9 Å². The molecule has 2 aliphatic heterocycles. The highest BCUT2D eigenvalue weighted by Crippen LogP contribution is 2.46. The Bertz CT molecular complexity index is 2120. The number of hydrogen-bond donors (Lipinski definition) is 3. The summed E-state index contributed by atoms with van der Waals surface area (Å²) in [5.74, 6) is -1.07. The number of ether oxygens (including phenoxy) is 4. The summed E-state index contributed by atoms with van der Waals surface area (Å²) in [5, 5.41) is 5.89. The van der Waals surface area contributed by atoms with Crippen molar-refractivity contribution in [1.29, 1.82) is 0 Å². The normalized spacial score (nSPS) is 27.4. The molecule has 4 bridgehead atoms. The average Bonchev–Trinajstić information content (AvgIpc) is 4.15. The molecule has 1 aromatic heterocycles. The Kier molecular flexibility index (Phi) is 12.6. The van der Waals surface area contributed by atoms with Gasteiger partial charge in [-0.2, -0.15) is 0 Å². The van der Waals surface area contributed by atoms with Gasteiger partial charge in [0.15, 0.2) is 0 Å². The molecule has 15 nitrogen and oxygen atoms in total. The highest BCUT2D eigenvalue weighted by atomic mass is 32.2. The van der Waals surface area contributed by atoms with E-state index in [-0.39, 0.29) is 37.3 Å². The van der Waals surface area contributed by atoms with Crippen LogP contribution in [0, 0.1) is 17.3 Å². The summed E-state index contributed by atoms with van der Waals surface area (Å²) in [6.45, 7) is 12.3. The van der Waals surface area contributed by atoms with Crippen LogP contribution in [-0.2, 0) is 42.0 Å². The lowest BCUT2D eigenvalue weighted by Gasteiger charge is -2.35. The SMILES string of the molecule is C=C[C@H]1C[C@@]1(NC(=O)[C@@H]1C[C@@H]2CN1C(=O)[C@H](C1CCCCC1)NC(=O)OCC(C)(C)CCCc1cc3c(cc(OCC)nc3c(CC)c1OC)O2)C(=O)NS(=O)(=O)C1CC1. The highest BCUT2D eigenvalue weighted by Gasteiger charge is 2.62. The summed E-state index contributed by atoms with van der Waals surface area (Å²) in [6.07, 6.45) is 8.25. The van der Waals surface area contributed by atoms with Crippen molar-refractivity contribution in [3.63, 3.8) is 0 Å². The van der Waals surface area contributed by atoms with E-state index < -0.39 is 68.7 Å². The van der Waals surface area contributed by atoms with Gasteiger partial charge < -0.3 is 34.5 Å². The van der Waals surface area contributed by atoms with Crippen molar-refractivity contribution in [1.82, 2.24) is 25.2 Å². The number of benzene rings is 1. The molecule has 3 saturated carbocycles. The van der Waals surface area contributed by atoms with Crippen molar-refractivity contribution in [2.45, 2.75) is 140 Å². The summed E-state index contributed by atoms with van der Waals surface area (Å²) >= 11 is 0. The molecule has 60 heavy (non-hydrogen) atoms. The number of sulfonamides is 1. The molecule has 7 rings (SSSR count). The summed E-state index contributed by atoms with van der Waals surface area (Å²) in [6, 6.07) is 1.66. The number of amides is 4. The van der Waals surface area contributed by atoms with Gasteiger partial charge in [0.2, 0.25) is 27.7 Å². The van der Waals surface area contributed by atoms with Crippen LogP contribution in [0.2, 0.25) is 0 Å². The molecular formula is C44H61N5O10S. The van der Waals surface area contributed by atoms with Gasteiger partial charge in [0, 0.05) is 29.4 Å². The number of aryl methyl sites for hydroxylation is 2. The fourth-order valence-corrected chi connectivity index (χ4v) is 10.7. The minimum Gasteiger partial charge on any atom is -0.496 e. The van der Waals surface area contributed by atoms with Crippen molar-refractivity contribution < 1.29 is 46.5 Å². The standard InChI is InChI=1S/C44H61N5O10S/c1-7-28-23-44(28,41(52)48-60(54,55)30-17-18-30)47-39(50)33-21-29-24-49(33)40(51)36(26-14-11-10-12-15-26)46-42(53)58-25-43(4,5)19-13-16-27-20-32-34(59-29)22-35(57-9-3)45-37(32)31(8-2)38(27)56-6/h7,20,22,26,28-30,33,36H,1,8-19,21,23-25H2,2-6H3,(H,46,53)(H,47,50)(H,48,52)/t28-,29+,33-,36-,44-/m0/s1. The molecule has 4 amide bonds. The van der Waals surface area contributed by atoms with Crippen LogP contribution in [0.25, 0.3) is 10.9 Å². The number of carbonyl (C=O) groups excluding carboxylic acids is 4. The van der Waals surface area contributed by atoms with E-state index in [9.17, 15) is 22.8 Å². The molecule has 5 aliphatic rings. The van der Waals surface area contributed by atoms with Gasteiger partial charge in [0.1, 0.15) is 35.2 Å². The Hall–Kier alpha value is -4.60. The van der Waals surface area contributed by atoms with Gasteiger partial charge in [0.25, 0.3) is 5.91 Å². The van der Waals surface area contributed by atoms with Gasteiger partial charge in [0.05, 0.1) is 37.6 Å². The first-order valence-electron chi connectivity index (χ1n) is 21.7. The maximum Gasteiger partial charge on any atom is 0.407 e. The molecule has 5 atom stereocenters. The number of carbonyl (C=O) groups is 4. The summed E-state index contributed by atoms with van der Waals surface area (Å²) in [7, 11) is -2.26. The molecule has 3 heterocycles. The van der Waals surface area contributed by atoms with Crippen LogP contribution in [0.4, 0.5) is 4.79 Å². The molecule has 3 N–H and O–H groups in total. The van der Waals surface area contributed by atoms with E-state index in [1.54, 1.807) is 13.2 Å². The number of cyclic esters (lactones) is 1. The number of hydrogen-bond acceptors (Lipinski definition) is 11. The third-order valence-electron chi connectivity index (χ3n) is 13.0. The number of nitrogens with zero attached hydrogens (tertiary/aromatic N) is 2. The van der Waals surface area contributed by atoms with E-state index in [4.69, 9.17) is 23.9 Å². The number of methoxy groups -OCH3 is 1. The molecule has 3 aliphatic carbocycles. The van der Waals surface area contributed by atoms with Crippen LogP contribution in [0.15, 0.2) is 24.8 Å². The van der Waals surface area contributed by atoms with E-state index in [0.29, 0.717) is 62.3 Å². The van der Waals surface area contributed by atoms with Gasteiger partial charge in [-0.15, -0.1) is 6.58 Å². The largest absolute Gasteiger partial charge is 0.496 e. The number of alkyl carbamates (subject to hydrolysis) is 1. The topological polar surface area (TPSA) is 192 Å².